The topological polar surface area (TPSA) is 69.3 Å². The van der Waals surface area contributed by atoms with Crippen molar-refractivity contribution >= 4 is 11.6 Å². The standard InChI is InChI=1S/C22H26N2O5/c1-26-18-6-2-3-7-19(18)29-15-22(25)24-10-4-5-17(14-24)23-16-8-9-20-21(13-16)28-12-11-27-20/h2-3,6-9,13,17,23H,4-5,10-12,14-15H2,1H3. The van der Waals surface area contributed by atoms with Crippen LogP contribution in [-0.4, -0.2) is 56.9 Å². The molecule has 0 radical (unpaired) electrons. The SMILES string of the molecule is COc1ccccc1OCC(=O)N1CCCC(Nc2ccc3c(c2)OCCO3)C1. The summed E-state index contributed by atoms with van der Waals surface area (Å²) in [5.74, 6) is 2.71. The van der Waals surface area contributed by atoms with Crippen LogP contribution >= 0.6 is 0 Å². The van der Waals surface area contributed by atoms with E-state index in [-0.39, 0.29) is 18.6 Å². The van der Waals surface area contributed by atoms with Crippen molar-refractivity contribution in [3.63, 3.8) is 0 Å². The number of amides is 1. The molecule has 2 heterocycles. The van der Waals surface area contributed by atoms with Crippen LogP contribution in [0.5, 0.6) is 23.0 Å². The van der Waals surface area contributed by atoms with Crippen molar-refractivity contribution in [1.29, 1.82) is 0 Å². The fraction of sp³-hybridized carbons (Fsp3) is 0.409. The minimum atomic E-state index is -0.0235. The molecule has 29 heavy (non-hydrogen) atoms. The lowest BCUT2D eigenvalue weighted by atomic mass is 10.1. The summed E-state index contributed by atoms with van der Waals surface area (Å²) in [5, 5.41) is 3.52. The molecule has 1 unspecified atom stereocenters. The highest BCUT2D eigenvalue weighted by atomic mass is 16.6. The number of carbonyl (C=O) groups excluding carboxylic acids is 1. The highest BCUT2D eigenvalue weighted by molar-refractivity contribution is 5.78. The second-order valence-corrected chi connectivity index (χ2v) is 7.12. The number of ether oxygens (including phenoxy) is 4. The van der Waals surface area contributed by atoms with Gasteiger partial charge in [-0.2, -0.15) is 0 Å². The van der Waals surface area contributed by atoms with Crippen molar-refractivity contribution in [3.05, 3.63) is 42.5 Å². The number of benzene rings is 2. The van der Waals surface area contributed by atoms with E-state index in [1.807, 2.05) is 41.3 Å². The van der Waals surface area contributed by atoms with E-state index >= 15 is 0 Å². The van der Waals surface area contributed by atoms with Gasteiger partial charge in [0.15, 0.2) is 29.6 Å². The number of likely N-dealkylation sites (tertiary alicyclic amines) is 1. The lowest BCUT2D eigenvalue weighted by Gasteiger charge is -2.34. The molecule has 7 nitrogen and oxygen atoms in total. The zero-order chi connectivity index (χ0) is 20.1. The van der Waals surface area contributed by atoms with Crippen molar-refractivity contribution in [1.82, 2.24) is 4.90 Å². The third-order valence-electron chi connectivity index (χ3n) is 5.11. The van der Waals surface area contributed by atoms with Gasteiger partial charge in [0.05, 0.1) is 7.11 Å². The van der Waals surface area contributed by atoms with E-state index in [0.29, 0.717) is 31.3 Å². The van der Waals surface area contributed by atoms with Crippen molar-refractivity contribution in [2.75, 3.05) is 45.3 Å². The summed E-state index contributed by atoms with van der Waals surface area (Å²) in [6.07, 6.45) is 1.95. The second kappa shape index (κ2) is 8.94. The molecule has 2 aromatic rings. The van der Waals surface area contributed by atoms with Crippen LogP contribution in [0.2, 0.25) is 0 Å². The Morgan fingerprint density at radius 1 is 1.14 bits per heavy atom. The highest BCUT2D eigenvalue weighted by Gasteiger charge is 2.24. The van der Waals surface area contributed by atoms with Crippen molar-refractivity contribution < 1.29 is 23.7 Å². The Morgan fingerprint density at radius 3 is 2.76 bits per heavy atom. The number of methoxy groups -OCH3 is 1. The van der Waals surface area contributed by atoms with E-state index in [2.05, 4.69) is 5.32 Å². The molecular weight excluding hydrogens is 372 g/mol. The maximum atomic E-state index is 12.7. The Morgan fingerprint density at radius 2 is 1.93 bits per heavy atom. The van der Waals surface area contributed by atoms with Gasteiger partial charge in [-0.3, -0.25) is 4.79 Å². The summed E-state index contributed by atoms with van der Waals surface area (Å²) in [7, 11) is 1.59. The quantitative estimate of drug-likeness (QED) is 0.807. The first kappa shape index (κ1) is 19.2. The minimum absolute atomic E-state index is 0.00286. The summed E-state index contributed by atoms with van der Waals surface area (Å²) in [5.41, 5.74) is 0.971. The number of carbonyl (C=O) groups is 1. The number of nitrogens with one attached hydrogen (secondary N) is 1. The first-order valence-corrected chi connectivity index (χ1v) is 9.93. The van der Waals surface area contributed by atoms with Crippen LogP contribution in [0.15, 0.2) is 42.5 Å². The Labute approximate surface area is 170 Å². The minimum Gasteiger partial charge on any atom is -0.493 e. The van der Waals surface area contributed by atoms with E-state index < -0.39 is 0 Å². The molecule has 154 valence electrons. The van der Waals surface area contributed by atoms with Gasteiger partial charge in [0.25, 0.3) is 5.91 Å². The predicted octanol–water partition coefficient (Wildman–Crippen LogP) is 2.95. The average Bonchev–Trinajstić information content (AvgIpc) is 2.77. The molecule has 1 amide bonds. The van der Waals surface area contributed by atoms with Crippen LogP contribution in [0.1, 0.15) is 12.8 Å². The lowest BCUT2D eigenvalue weighted by Crippen LogP contribution is -2.46. The van der Waals surface area contributed by atoms with Gasteiger partial charge in [-0.15, -0.1) is 0 Å². The number of para-hydroxylation sites is 2. The monoisotopic (exact) mass is 398 g/mol. The number of piperidine rings is 1. The third-order valence-corrected chi connectivity index (χ3v) is 5.11. The summed E-state index contributed by atoms with van der Waals surface area (Å²) >= 11 is 0. The molecule has 0 spiro atoms. The molecule has 0 aliphatic carbocycles. The van der Waals surface area contributed by atoms with Crippen LogP contribution in [-0.2, 0) is 4.79 Å². The van der Waals surface area contributed by atoms with E-state index in [1.165, 1.54) is 0 Å². The molecule has 2 aromatic carbocycles. The molecule has 0 bridgehead atoms. The zero-order valence-corrected chi connectivity index (χ0v) is 16.6. The van der Waals surface area contributed by atoms with E-state index in [4.69, 9.17) is 18.9 Å². The molecular formula is C22H26N2O5. The Bertz CT molecular complexity index is 857. The van der Waals surface area contributed by atoms with Gasteiger partial charge >= 0.3 is 0 Å². The molecule has 7 heteroatoms. The van der Waals surface area contributed by atoms with Crippen molar-refractivity contribution in [3.8, 4) is 23.0 Å². The first-order chi connectivity index (χ1) is 14.2. The molecule has 0 saturated carbocycles. The maximum Gasteiger partial charge on any atom is 0.260 e. The molecule has 1 saturated heterocycles. The molecule has 1 N–H and O–H groups in total. The number of hydrogen-bond donors (Lipinski definition) is 1. The van der Waals surface area contributed by atoms with Gasteiger partial charge in [0.1, 0.15) is 13.2 Å². The molecule has 2 aliphatic heterocycles. The third kappa shape index (κ3) is 4.67. The Balaban J connectivity index is 1.32. The van der Waals surface area contributed by atoms with Gasteiger partial charge < -0.3 is 29.2 Å². The van der Waals surface area contributed by atoms with Crippen LogP contribution in [0, 0.1) is 0 Å². The maximum absolute atomic E-state index is 12.7. The normalized spacial score (nSPS) is 18.1. The Hall–Kier alpha value is -3.09. The Kier molecular flexibility index (Phi) is 5.93. The first-order valence-electron chi connectivity index (χ1n) is 9.93. The molecule has 0 aromatic heterocycles. The smallest absolute Gasteiger partial charge is 0.260 e. The number of anilines is 1. The number of nitrogens with zero attached hydrogens (tertiary/aromatic N) is 1. The molecule has 1 fully saturated rings. The average molecular weight is 398 g/mol. The number of rotatable bonds is 6. The van der Waals surface area contributed by atoms with Crippen LogP contribution < -0.4 is 24.3 Å². The van der Waals surface area contributed by atoms with Gasteiger partial charge in [0, 0.05) is 30.9 Å². The lowest BCUT2D eigenvalue weighted by molar-refractivity contribution is -0.134. The fourth-order valence-electron chi connectivity index (χ4n) is 3.66. The highest BCUT2D eigenvalue weighted by Crippen LogP contribution is 2.33. The summed E-state index contributed by atoms with van der Waals surface area (Å²) in [6.45, 7) is 2.53. The number of fused-ring (bicyclic) bond motifs is 1. The van der Waals surface area contributed by atoms with E-state index in [0.717, 1.165) is 36.6 Å². The number of hydrogen-bond acceptors (Lipinski definition) is 6. The predicted molar refractivity (Wildman–Crippen MR) is 109 cm³/mol. The largest absolute Gasteiger partial charge is 0.493 e. The van der Waals surface area contributed by atoms with Crippen LogP contribution in [0.4, 0.5) is 5.69 Å². The molecule has 2 aliphatic rings. The van der Waals surface area contributed by atoms with Gasteiger partial charge in [-0.05, 0) is 37.1 Å². The zero-order valence-electron chi connectivity index (χ0n) is 16.6. The van der Waals surface area contributed by atoms with E-state index in [1.54, 1.807) is 13.2 Å². The molecule has 4 rings (SSSR count). The second-order valence-electron chi connectivity index (χ2n) is 7.12. The summed E-state index contributed by atoms with van der Waals surface area (Å²) < 4.78 is 22.2. The van der Waals surface area contributed by atoms with Gasteiger partial charge in [0.2, 0.25) is 0 Å². The van der Waals surface area contributed by atoms with Crippen molar-refractivity contribution in [2.45, 2.75) is 18.9 Å². The summed E-state index contributed by atoms with van der Waals surface area (Å²) in [6, 6.07) is 13.4. The van der Waals surface area contributed by atoms with Crippen LogP contribution in [0.3, 0.4) is 0 Å². The van der Waals surface area contributed by atoms with Crippen molar-refractivity contribution in [2.24, 2.45) is 0 Å². The molecule has 1 atom stereocenters. The summed E-state index contributed by atoms with van der Waals surface area (Å²) in [4.78, 5) is 14.5. The fourth-order valence-corrected chi connectivity index (χ4v) is 3.66. The van der Waals surface area contributed by atoms with E-state index in [9.17, 15) is 4.79 Å². The van der Waals surface area contributed by atoms with Gasteiger partial charge in [-0.1, -0.05) is 12.1 Å². The van der Waals surface area contributed by atoms with Gasteiger partial charge in [-0.25, -0.2) is 0 Å². The van der Waals surface area contributed by atoms with Crippen LogP contribution in [0.25, 0.3) is 0 Å².